The van der Waals surface area contributed by atoms with Gasteiger partial charge in [-0.2, -0.15) is 0 Å². The molecule has 0 bridgehead atoms. The van der Waals surface area contributed by atoms with Gasteiger partial charge in [0.25, 0.3) is 5.56 Å². The molecular weight excluding hydrogens is 284 g/mol. The Balaban J connectivity index is 1.83. The molecular formula is C16H14N2O2S. The van der Waals surface area contributed by atoms with E-state index in [-0.39, 0.29) is 5.56 Å². The molecule has 0 aliphatic rings. The Morgan fingerprint density at radius 3 is 2.81 bits per heavy atom. The molecule has 4 nitrogen and oxygen atoms in total. The number of benzene rings is 1. The van der Waals surface area contributed by atoms with E-state index in [4.69, 9.17) is 4.74 Å². The lowest BCUT2D eigenvalue weighted by atomic mass is 10.2. The zero-order valence-corrected chi connectivity index (χ0v) is 12.3. The van der Waals surface area contributed by atoms with Gasteiger partial charge in [0.05, 0.1) is 5.56 Å². The second kappa shape index (κ2) is 5.93. The molecule has 0 fully saturated rings. The number of aromatic amines is 1. The molecule has 0 amide bonds. The van der Waals surface area contributed by atoms with Crippen LogP contribution in [0.25, 0.3) is 10.6 Å². The summed E-state index contributed by atoms with van der Waals surface area (Å²) in [5.74, 6) is 0.626. The molecule has 2 heterocycles. The van der Waals surface area contributed by atoms with Crippen LogP contribution in [-0.4, -0.2) is 9.97 Å². The fourth-order valence-corrected chi connectivity index (χ4v) is 2.73. The van der Waals surface area contributed by atoms with E-state index in [1.54, 1.807) is 12.3 Å². The first-order chi connectivity index (χ1) is 10.2. The van der Waals surface area contributed by atoms with Crippen molar-refractivity contribution in [3.63, 3.8) is 0 Å². The summed E-state index contributed by atoms with van der Waals surface area (Å²) in [7, 11) is 0. The van der Waals surface area contributed by atoms with Gasteiger partial charge in [0.1, 0.15) is 17.4 Å². The first-order valence-electron chi connectivity index (χ1n) is 6.54. The van der Waals surface area contributed by atoms with E-state index in [0.29, 0.717) is 22.9 Å². The molecule has 0 spiro atoms. The number of thiazole rings is 1. The number of hydrogen-bond donors (Lipinski definition) is 1. The maximum absolute atomic E-state index is 11.9. The van der Waals surface area contributed by atoms with Gasteiger partial charge in [-0.25, -0.2) is 4.98 Å². The van der Waals surface area contributed by atoms with Crippen molar-refractivity contribution in [3.8, 4) is 16.3 Å². The Bertz CT molecular complexity index is 793. The Hall–Kier alpha value is -2.40. The fourth-order valence-electron chi connectivity index (χ4n) is 1.92. The number of nitrogens with one attached hydrogen (secondary N) is 1. The molecule has 1 aromatic carbocycles. The highest BCUT2D eigenvalue weighted by Crippen LogP contribution is 2.23. The second-order valence-corrected chi connectivity index (χ2v) is 5.50. The molecule has 0 saturated carbocycles. The fraction of sp³-hybridized carbons (Fsp3) is 0.125. The first-order valence-corrected chi connectivity index (χ1v) is 7.42. The summed E-state index contributed by atoms with van der Waals surface area (Å²) in [5.41, 5.74) is 2.37. The van der Waals surface area contributed by atoms with Crippen LogP contribution in [0.3, 0.4) is 0 Å². The Kier molecular flexibility index (Phi) is 3.83. The molecule has 5 heteroatoms. The van der Waals surface area contributed by atoms with Crippen molar-refractivity contribution in [1.82, 2.24) is 9.97 Å². The van der Waals surface area contributed by atoms with Crippen LogP contribution in [0.2, 0.25) is 0 Å². The van der Waals surface area contributed by atoms with Gasteiger partial charge in [-0.15, -0.1) is 11.3 Å². The lowest BCUT2D eigenvalue weighted by molar-refractivity contribution is 0.305. The average molecular weight is 298 g/mol. The van der Waals surface area contributed by atoms with Gasteiger partial charge in [0.15, 0.2) is 0 Å². The molecule has 0 unspecified atom stereocenters. The standard InChI is InChI=1S/C16H14N2O2S/c1-11-10-21-16(18-11)14-7-13(8-17-15(14)19)20-9-12-5-3-2-4-6-12/h2-8,10H,9H2,1H3,(H,17,19). The highest BCUT2D eigenvalue weighted by molar-refractivity contribution is 7.13. The van der Waals surface area contributed by atoms with E-state index < -0.39 is 0 Å². The number of aryl methyl sites for hydroxylation is 1. The number of H-pyrrole nitrogens is 1. The van der Waals surface area contributed by atoms with Gasteiger partial charge < -0.3 is 9.72 Å². The van der Waals surface area contributed by atoms with E-state index in [9.17, 15) is 4.79 Å². The van der Waals surface area contributed by atoms with Crippen LogP contribution < -0.4 is 10.3 Å². The van der Waals surface area contributed by atoms with Crippen LogP contribution >= 0.6 is 11.3 Å². The molecule has 21 heavy (non-hydrogen) atoms. The molecule has 1 N–H and O–H groups in total. The zero-order chi connectivity index (χ0) is 14.7. The Morgan fingerprint density at radius 2 is 2.10 bits per heavy atom. The van der Waals surface area contributed by atoms with Crippen LogP contribution in [0.1, 0.15) is 11.3 Å². The van der Waals surface area contributed by atoms with Gasteiger partial charge in [-0.3, -0.25) is 4.79 Å². The molecule has 0 radical (unpaired) electrons. The number of aromatic nitrogens is 2. The third kappa shape index (κ3) is 3.20. The van der Waals surface area contributed by atoms with Crippen molar-refractivity contribution in [1.29, 1.82) is 0 Å². The Labute approximate surface area is 126 Å². The maximum atomic E-state index is 11.9. The summed E-state index contributed by atoms with van der Waals surface area (Å²) in [5, 5.41) is 2.63. The number of ether oxygens (including phenoxy) is 1. The molecule has 3 aromatic rings. The van der Waals surface area contributed by atoms with Crippen molar-refractivity contribution in [2.45, 2.75) is 13.5 Å². The van der Waals surface area contributed by atoms with Crippen molar-refractivity contribution in [3.05, 3.63) is 69.6 Å². The summed E-state index contributed by atoms with van der Waals surface area (Å²) < 4.78 is 5.72. The molecule has 106 valence electrons. The summed E-state index contributed by atoms with van der Waals surface area (Å²) in [6.07, 6.45) is 1.58. The normalized spacial score (nSPS) is 10.5. The van der Waals surface area contributed by atoms with Gasteiger partial charge in [0.2, 0.25) is 0 Å². The number of pyridine rings is 1. The average Bonchev–Trinajstić information content (AvgIpc) is 2.94. The van der Waals surface area contributed by atoms with Crippen LogP contribution in [0.5, 0.6) is 5.75 Å². The predicted octanol–water partition coefficient (Wildman–Crippen LogP) is 3.39. The number of hydrogen-bond acceptors (Lipinski definition) is 4. The van der Waals surface area contributed by atoms with E-state index >= 15 is 0 Å². The van der Waals surface area contributed by atoms with Gasteiger partial charge >= 0.3 is 0 Å². The predicted molar refractivity (Wildman–Crippen MR) is 83.7 cm³/mol. The SMILES string of the molecule is Cc1csc(-c2cc(OCc3ccccc3)c[nH]c2=O)n1. The second-order valence-electron chi connectivity index (χ2n) is 4.65. The van der Waals surface area contributed by atoms with Crippen molar-refractivity contribution in [2.24, 2.45) is 0 Å². The highest BCUT2D eigenvalue weighted by Gasteiger charge is 2.09. The first kappa shape index (κ1) is 13.6. The minimum atomic E-state index is -0.156. The van der Waals surface area contributed by atoms with Crippen molar-refractivity contribution >= 4 is 11.3 Å². The molecule has 2 aromatic heterocycles. The van der Waals surface area contributed by atoms with Gasteiger partial charge in [-0.05, 0) is 18.6 Å². The van der Waals surface area contributed by atoms with Crippen LogP contribution in [0.4, 0.5) is 0 Å². The lowest BCUT2D eigenvalue weighted by Gasteiger charge is -2.06. The smallest absolute Gasteiger partial charge is 0.258 e. The summed E-state index contributed by atoms with van der Waals surface area (Å²) in [6.45, 7) is 2.37. The van der Waals surface area contributed by atoms with E-state index in [1.165, 1.54) is 11.3 Å². The third-order valence-corrected chi connectivity index (χ3v) is 3.97. The van der Waals surface area contributed by atoms with Crippen molar-refractivity contribution in [2.75, 3.05) is 0 Å². The van der Waals surface area contributed by atoms with Gasteiger partial charge in [0, 0.05) is 17.3 Å². The third-order valence-electron chi connectivity index (χ3n) is 2.97. The van der Waals surface area contributed by atoms with E-state index in [1.807, 2.05) is 42.6 Å². The molecule has 3 rings (SSSR count). The van der Waals surface area contributed by atoms with Crippen LogP contribution in [0.15, 0.2) is 52.8 Å². The summed E-state index contributed by atoms with van der Waals surface area (Å²) >= 11 is 1.45. The summed E-state index contributed by atoms with van der Waals surface area (Å²) in [6, 6.07) is 11.6. The van der Waals surface area contributed by atoms with Crippen molar-refractivity contribution < 1.29 is 4.74 Å². The van der Waals surface area contributed by atoms with E-state index in [0.717, 1.165) is 11.3 Å². The minimum absolute atomic E-state index is 0.156. The zero-order valence-electron chi connectivity index (χ0n) is 11.5. The van der Waals surface area contributed by atoms with Crippen LogP contribution in [-0.2, 0) is 6.61 Å². The minimum Gasteiger partial charge on any atom is -0.487 e. The lowest BCUT2D eigenvalue weighted by Crippen LogP contribution is -2.09. The Morgan fingerprint density at radius 1 is 1.29 bits per heavy atom. The topological polar surface area (TPSA) is 55.0 Å². The van der Waals surface area contributed by atoms with Gasteiger partial charge in [-0.1, -0.05) is 30.3 Å². The van der Waals surface area contributed by atoms with Crippen LogP contribution in [0, 0.1) is 6.92 Å². The monoisotopic (exact) mass is 298 g/mol. The molecule has 0 saturated heterocycles. The highest BCUT2D eigenvalue weighted by atomic mass is 32.1. The maximum Gasteiger partial charge on any atom is 0.258 e. The number of nitrogens with zero attached hydrogens (tertiary/aromatic N) is 1. The molecule has 0 atom stereocenters. The molecule has 0 aliphatic heterocycles. The largest absolute Gasteiger partial charge is 0.487 e. The quantitative estimate of drug-likeness (QED) is 0.803. The molecule has 0 aliphatic carbocycles. The number of rotatable bonds is 4. The van der Waals surface area contributed by atoms with E-state index in [2.05, 4.69) is 9.97 Å². The summed E-state index contributed by atoms with van der Waals surface area (Å²) in [4.78, 5) is 19.0.